The fourth-order valence-electron chi connectivity index (χ4n) is 3.94. The molecule has 0 radical (unpaired) electrons. The largest absolute Gasteiger partial charge is 0.356 e. The van der Waals surface area contributed by atoms with Gasteiger partial charge < -0.3 is 20.5 Å². The molecule has 1 atom stereocenters. The highest BCUT2D eigenvalue weighted by molar-refractivity contribution is 6.10. The van der Waals surface area contributed by atoms with Crippen LogP contribution in [0.4, 0.5) is 5.69 Å². The average molecular weight is 434 g/mol. The molecule has 166 valence electrons. The SMILES string of the molecule is Cn1c(CCCCCNC(=O)CC2NC(=O)c3ccccc3NC2=O)nc2ccccc21. The minimum absolute atomic E-state index is 0.0918. The molecular weight excluding hydrogens is 406 g/mol. The molecular formula is C24H27N5O3. The van der Waals surface area contributed by atoms with Gasteiger partial charge in [-0.2, -0.15) is 0 Å². The number of fused-ring (bicyclic) bond motifs is 2. The van der Waals surface area contributed by atoms with Gasteiger partial charge in [0.05, 0.1) is 28.7 Å². The Morgan fingerprint density at radius 3 is 2.69 bits per heavy atom. The summed E-state index contributed by atoms with van der Waals surface area (Å²) in [6.07, 6.45) is 3.57. The number of nitrogens with one attached hydrogen (secondary N) is 3. The summed E-state index contributed by atoms with van der Waals surface area (Å²) in [6.45, 7) is 0.532. The Labute approximate surface area is 186 Å². The van der Waals surface area contributed by atoms with Gasteiger partial charge >= 0.3 is 0 Å². The average Bonchev–Trinajstić information content (AvgIpc) is 3.05. The van der Waals surface area contributed by atoms with Crippen molar-refractivity contribution in [2.75, 3.05) is 11.9 Å². The fraction of sp³-hybridized carbons (Fsp3) is 0.333. The number of carbonyl (C=O) groups excluding carboxylic acids is 3. The molecule has 32 heavy (non-hydrogen) atoms. The molecule has 0 saturated heterocycles. The van der Waals surface area contributed by atoms with E-state index in [0.29, 0.717) is 17.8 Å². The van der Waals surface area contributed by atoms with Crippen LogP contribution in [0.5, 0.6) is 0 Å². The Morgan fingerprint density at radius 1 is 1.06 bits per heavy atom. The van der Waals surface area contributed by atoms with Gasteiger partial charge in [0.15, 0.2) is 0 Å². The Morgan fingerprint density at radius 2 is 1.84 bits per heavy atom. The molecule has 2 aromatic carbocycles. The summed E-state index contributed by atoms with van der Waals surface area (Å²) < 4.78 is 2.13. The third-order valence-corrected chi connectivity index (χ3v) is 5.72. The number of aromatic nitrogens is 2. The lowest BCUT2D eigenvalue weighted by Crippen LogP contribution is -2.44. The van der Waals surface area contributed by atoms with Crippen molar-refractivity contribution < 1.29 is 14.4 Å². The summed E-state index contributed by atoms with van der Waals surface area (Å²) in [4.78, 5) is 41.7. The van der Waals surface area contributed by atoms with Crippen LogP contribution in [0.15, 0.2) is 48.5 Å². The fourth-order valence-corrected chi connectivity index (χ4v) is 3.94. The first kappa shape index (κ1) is 21.5. The van der Waals surface area contributed by atoms with Crippen molar-refractivity contribution in [3.8, 4) is 0 Å². The highest BCUT2D eigenvalue weighted by Gasteiger charge is 2.29. The third-order valence-electron chi connectivity index (χ3n) is 5.72. The second-order valence-electron chi connectivity index (χ2n) is 8.00. The lowest BCUT2D eigenvalue weighted by Gasteiger charge is -2.14. The van der Waals surface area contributed by atoms with Crippen molar-refractivity contribution in [3.05, 3.63) is 59.9 Å². The zero-order valence-corrected chi connectivity index (χ0v) is 18.1. The molecule has 0 aliphatic carbocycles. The van der Waals surface area contributed by atoms with Crippen LogP contribution in [0.3, 0.4) is 0 Å². The van der Waals surface area contributed by atoms with Crippen LogP contribution in [0.1, 0.15) is 41.9 Å². The first-order valence-corrected chi connectivity index (χ1v) is 10.9. The number of rotatable bonds is 8. The molecule has 3 N–H and O–H groups in total. The monoisotopic (exact) mass is 433 g/mol. The van der Waals surface area contributed by atoms with Crippen LogP contribution in [-0.4, -0.2) is 39.9 Å². The number of aryl methyl sites for hydroxylation is 2. The highest BCUT2D eigenvalue weighted by Crippen LogP contribution is 2.19. The number of hydrogen-bond acceptors (Lipinski definition) is 4. The van der Waals surface area contributed by atoms with Gasteiger partial charge in [0.25, 0.3) is 5.91 Å². The van der Waals surface area contributed by atoms with Gasteiger partial charge in [-0.1, -0.05) is 30.7 Å². The number of anilines is 1. The van der Waals surface area contributed by atoms with E-state index in [1.54, 1.807) is 24.3 Å². The van der Waals surface area contributed by atoms with Crippen LogP contribution in [0, 0.1) is 0 Å². The molecule has 0 saturated carbocycles. The van der Waals surface area contributed by atoms with Crippen molar-refractivity contribution >= 4 is 34.4 Å². The quantitative estimate of drug-likeness (QED) is 0.475. The van der Waals surface area contributed by atoms with Crippen molar-refractivity contribution in [1.29, 1.82) is 0 Å². The second-order valence-corrected chi connectivity index (χ2v) is 8.00. The highest BCUT2D eigenvalue weighted by atomic mass is 16.2. The van der Waals surface area contributed by atoms with E-state index < -0.39 is 6.04 Å². The van der Waals surface area contributed by atoms with Crippen LogP contribution >= 0.6 is 0 Å². The summed E-state index contributed by atoms with van der Waals surface area (Å²) in [5, 5.41) is 8.20. The van der Waals surface area contributed by atoms with Gasteiger partial charge in [-0.05, 0) is 37.1 Å². The van der Waals surface area contributed by atoms with Gasteiger partial charge in [0.1, 0.15) is 11.9 Å². The zero-order valence-electron chi connectivity index (χ0n) is 18.1. The van der Waals surface area contributed by atoms with Crippen molar-refractivity contribution in [2.45, 2.75) is 38.1 Å². The summed E-state index contributed by atoms with van der Waals surface area (Å²) in [5.74, 6) is 0.0534. The molecule has 3 amide bonds. The lowest BCUT2D eigenvalue weighted by atomic mass is 10.1. The number of carbonyl (C=O) groups is 3. The molecule has 0 fully saturated rings. The first-order chi connectivity index (χ1) is 15.5. The number of unbranched alkanes of at least 4 members (excludes halogenated alkanes) is 2. The summed E-state index contributed by atoms with van der Waals surface area (Å²) in [6, 6.07) is 14.0. The number of para-hydroxylation sites is 3. The Kier molecular flexibility index (Phi) is 6.49. The van der Waals surface area contributed by atoms with Gasteiger partial charge in [-0.15, -0.1) is 0 Å². The molecule has 3 aromatic rings. The molecule has 1 aliphatic heterocycles. The predicted molar refractivity (Wildman–Crippen MR) is 122 cm³/mol. The number of amides is 3. The summed E-state index contributed by atoms with van der Waals surface area (Å²) >= 11 is 0. The minimum Gasteiger partial charge on any atom is -0.356 e. The number of benzene rings is 2. The van der Waals surface area contributed by atoms with E-state index in [1.807, 2.05) is 25.2 Å². The zero-order chi connectivity index (χ0) is 22.5. The minimum atomic E-state index is -0.896. The van der Waals surface area contributed by atoms with Crippen LogP contribution in [0.2, 0.25) is 0 Å². The molecule has 0 spiro atoms. The van der Waals surface area contributed by atoms with Crippen molar-refractivity contribution in [2.24, 2.45) is 7.05 Å². The predicted octanol–water partition coefficient (Wildman–Crippen LogP) is 2.54. The maximum atomic E-state index is 12.4. The number of imidazole rings is 1. The smallest absolute Gasteiger partial charge is 0.254 e. The van der Waals surface area contributed by atoms with Gasteiger partial charge in [0.2, 0.25) is 11.8 Å². The number of nitrogens with zero attached hydrogens (tertiary/aromatic N) is 2. The lowest BCUT2D eigenvalue weighted by molar-refractivity contribution is -0.125. The Balaban J connectivity index is 1.18. The van der Waals surface area contributed by atoms with E-state index in [4.69, 9.17) is 0 Å². The van der Waals surface area contributed by atoms with E-state index >= 15 is 0 Å². The Bertz CT molecular complexity index is 1150. The molecule has 8 nitrogen and oxygen atoms in total. The van der Waals surface area contributed by atoms with Crippen molar-refractivity contribution in [1.82, 2.24) is 20.2 Å². The van der Waals surface area contributed by atoms with E-state index in [0.717, 1.165) is 42.5 Å². The van der Waals surface area contributed by atoms with E-state index in [1.165, 1.54) is 0 Å². The third kappa shape index (κ3) is 4.80. The van der Waals surface area contributed by atoms with E-state index in [2.05, 4.69) is 31.6 Å². The maximum absolute atomic E-state index is 12.4. The molecule has 1 unspecified atom stereocenters. The Hall–Kier alpha value is -3.68. The number of hydrogen-bond donors (Lipinski definition) is 3. The first-order valence-electron chi connectivity index (χ1n) is 10.9. The molecule has 2 heterocycles. The topological polar surface area (TPSA) is 105 Å². The second kappa shape index (κ2) is 9.64. The van der Waals surface area contributed by atoms with E-state index in [-0.39, 0.29) is 24.1 Å². The van der Waals surface area contributed by atoms with Crippen LogP contribution < -0.4 is 16.0 Å². The molecule has 4 rings (SSSR count). The van der Waals surface area contributed by atoms with Gasteiger partial charge in [0, 0.05) is 20.0 Å². The van der Waals surface area contributed by atoms with Crippen LogP contribution in [-0.2, 0) is 23.1 Å². The summed E-state index contributed by atoms with van der Waals surface area (Å²) in [5.41, 5.74) is 2.99. The van der Waals surface area contributed by atoms with Gasteiger partial charge in [-0.3, -0.25) is 14.4 Å². The molecule has 8 heteroatoms. The van der Waals surface area contributed by atoms with Crippen molar-refractivity contribution in [3.63, 3.8) is 0 Å². The van der Waals surface area contributed by atoms with E-state index in [9.17, 15) is 14.4 Å². The normalized spacial score (nSPS) is 15.6. The maximum Gasteiger partial charge on any atom is 0.254 e. The van der Waals surface area contributed by atoms with Gasteiger partial charge in [-0.25, -0.2) is 4.98 Å². The molecule has 1 aliphatic rings. The van der Waals surface area contributed by atoms with Crippen LogP contribution in [0.25, 0.3) is 11.0 Å². The molecule has 0 bridgehead atoms. The summed E-state index contributed by atoms with van der Waals surface area (Å²) in [7, 11) is 2.03. The standard InChI is InChI=1S/C24H27N5O3/c1-29-20-12-7-6-11-18(20)26-21(29)13-3-2-8-14-25-22(30)15-19-24(32)27-17-10-5-4-9-16(17)23(31)28-19/h4-7,9-12,19H,2-3,8,13-15H2,1H3,(H,25,30)(H,27,32)(H,28,31). The molecule has 1 aromatic heterocycles.